The highest BCUT2D eigenvalue weighted by Crippen LogP contribution is 2.18. The van der Waals surface area contributed by atoms with Crippen molar-refractivity contribution < 1.29 is 14.7 Å². The molecule has 0 atom stereocenters. The molecule has 21 heavy (non-hydrogen) atoms. The van der Waals surface area contributed by atoms with Gasteiger partial charge in [-0.1, -0.05) is 12.1 Å². The van der Waals surface area contributed by atoms with Gasteiger partial charge >= 0.3 is 5.97 Å². The van der Waals surface area contributed by atoms with E-state index in [1.807, 2.05) is 6.07 Å². The SMILES string of the molecule is O=C(O)CCCCC(=O)Nc1cccc(-c2nn[nH]n2)c1. The van der Waals surface area contributed by atoms with Crippen LogP contribution >= 0.6 is 0 Å². The van der Waals surface area contributed by atoms with Crippen LogP contribution in [0.1, 0.15) is 25.7 Å². The number of aromatic nitrogens is 4. The van der Waals surface area contributed by atoms with E-state index in [2.05, 4.69) is 25.9 Å². The molecule has 2 rings (SSSR count). The Balaban J connectivity index is 1.86. The number of carboxylic acid groups (broad SMARTS) is 1. The van der Waals surface area contributed by atoms with Gasteiger partial charge in [0.05, 0.1) is 0 Å². The van der Waals surface area contributed by atoms with E-state index in [1.165, 1.54) is 0 Å². The maximum absolute atomic E-state index is 11.7. The van der Waals surface area contributed by atoms with E-state index in [0.717, 1.165) is 5.56 Å². The molecule has 0 radical (unpaired) electrons. The van der Waals surface area contributed by atoms with Crippen LogP contribution in [0.5, 0.6) is 0 Å². The normalized spacial score (nSPS) is 10.3. The van der Waals surface area contributed by atoms with Crippen molar-refractivity contribution in [2.75, 3.05) is 5.32 Å². The summed E-state index contributed by atoms with van der Waals surface area (Å²) in [5.41, 5.74) is 1.38. The quantitative estimate of drug-likeness (QED) is 0.663. The van der Waals surface area contributed by atoms with Crippen LogP contribution in [0.2, 0.25) is 0 Å². The fourth-order valence-corrected chi connectivity index (χ4v) is 1.81. The lowest BCUT2D eigenvalue weighted by atomic mass is 10.1. The molecule has 1 aromatic heterocycles. The first kappa shape index (κ1) is 14.6. The number of H-pyrrole nitrogens is 1. The third-order valence-electron chi connectivity index (χ3n) is 2.79. The van der Waals surface area contributed by atoms with Gasteiger partial charge in [0.2, 0.25) is 11.7 Å². The summed E-state index contributed by atoms with van der Waals surface area (Å²) in [5.74, 6) is -0.540. The van der Waals surface area contributed by atoms with Crippen LogP contribution in [0.25, 0.3) is 11.4 Å². The van der Waals surface area contributed by atoms with Crippen molar-refractivity contribution in [1.29, 1.82) is 0 Å². The number of aromatic amines is 1. The number of carbonyl (C=O) groups excluding carboxylic acids is 1. The fraction of sp³-hybridized carbons (Fsp3) is 0.308. The summed E-state index contributed by atoms with van der Waals surface area (Å²) in [6.45, 7) is 0. The molecule has 0 aliphatic heterocycles. The number of carbonyl (C=O) groups is 2. The molecule has 0 saturated carbocycles. The maximum atomic E-state index is 11.7. The van der Waals surface area contributed by atoms with Gasteiger partial charge in [-0.25, -0.2) is 0 Å². The molecule has 8 nitrogen and oxygen atoms in total. The Morgan fingerprint density at radius 2 is 2.05 bits per heavy atom. The summed E-state index contributed by atoms with van der Waals surface area (Å²) < 4.78 is 0. The number of nitrogens with zero attached hydrogens (tertiary/aromatic N) is 3. The van der Waals surface area contributed by atoms with Crippen LogP contribution < -0.4 is 5.32 Å². The van der Waals surface area contributed by atoms with Crippen LogP contribution in [0.3, 0.4) is 0 Å². The molecule has 0 unspecified atom stereocenters. The van der Waals surface area contributed by atoms with Gasteiger partial charge in [-0.15, -0.1) is 10.2 Å². The standard InChI is InChI=1S/C13H15N5O3/c19-11(6-1-2-7-12(20)21)14-10-5-3-4-9(8-10)13-15-17-18-16-13/h3-5,8H,1-2,6-7H2,(H,14,19)(H,20,21)(H,15,16,17,18). The van der Waals surface area contributed by atoms with Gasteiger partial charge in [0.25, 0.3) is 0 Å². The number of unbranched alkanes of at least 4 members (excludes halogenated alkanes) is 1. The van der Waals surface area contributed by atoms with Crippen molar-refractivity contribution in [1.82, 2.24) is 20.6 Å². The predicted octanol–water partition coefficient (Wildman–Crippen LogP) is 1.45. The predicted molar refractivity (Wildman–Crippen MR) is 74.3 cm³/mol. The molecule has 1 heterocycles. The smallest absolute Gasteiger partial charge is 0.303 e. The Kier molecular flexibility index (Phi) is 4.97. The third-order valence-corrected chi connectivity index (χ3v) is 2.79. The molecule has 8 heteroatoms. The number of rotatable bonds is 7. The molecule has 0 aliphatic rings. The number of tetrazole rings is 1. The zero-order chi connectivity index (χ0) is 15.1. The Morgan fingerprint density at radius 1 is 1.24 bits per heavy atom. The summed E-state index contributed by atoms with van der Waals surface area (Å²) >= 11 is 0. The molecule has 1 aromatic carbocycles. The van der Waals surface area contributed by atoms with Crippen LogP contribution in [-0.4, -0.2) is 37.6 Å². The molecule has 0 bridgehead atoms. The molecule has 0 aliphatic carbocycles. The lowest BCUT2D eigenvalue weighted by molar-refractivity contribution is -0.137. The second kappa shape index (κ2) is 7.13. The molecule has 0 spiro atoms. The fourth-order valence-electron chi connectivity index (χ4n) is 1.81. The number of aliphatic carboxylic acids is 1. The minimum Gasteiger partial charge on any atom is -0.481 e. The molecule has 0 fully saturated rings. The van der Waals surface area contributed by atoms with Crippen molar-refractivity contribution >= 4 is 17.6 Å². The highest BCUT2D eigenvalue weighted by molar-refractivity contribution is 5.91. The monoisotopic (exact) mass is 289 g/mol. The number of benzene rings is 1. The average Bonchev–Trinajstić information content (AvgIpc) is 2.98. The Hall–Kier alpha value is -2.77. The van der Waals surface area contributed by atoms with Crippen LogP contribution in [0, 0.1) is 0 Å². The number of carboxylic acids is 1. The van der Waals surface area contributed by atoms with Crippen LogP contribution in [-0.2, 0) is 9.59 Å². The summed E-state index contributed by atoms with van der Waals surface area (Å²) in [6.07, 6.45) is 1.41. The molecular weight excluding hydrogens is 274 g/mol. The van der Waals surface area contributed by atoms with Gasteiger partial charge in [0.15, 0.2) is 0 Å². The Labute approximate surface area is 120 Å². The van der Waals surface area contributed by atoms with Gasteiger partial charge in [-0.05, 0) is 30.2 Å². The highest BCUT2D eigenvalue weighted by Gasteiger charge is 2.06. The van der Waals surface area contributed by atoms with Gasteiger partial charge in [-0.2, -0.15) is 5.21 Å². The summed E-state index contributed by atoms with van der Waals surface area (Å²) in [6, 6.07) is 7.11. The van der Waals surface area contributed by atoms with Crippen LogP contribution in [0.15, 0.2) is 24.3 Å². The lowest BCUT2D eigenvalue weighted by Gasteiger charge is -2.05. The van der Waals surface area contributed by atoms with E-state index in [1.54, 1.807) is 18.2 Å². The van der Waals surface area contributed by atoms with Crippen LogP contribution in [0.4, 0.5) is 5.69 Å². The topological polar surface area (TPSA) is 121 Å². The van der Waals surface area contributed by atoms with E-state index in [9.17, 15) is 9.59 Å². The number of amides is 1. The zero-order valence-electron chi connectivity index (χ0n) is 11.2. The molecule has 110 valence electrons. The Bertz CT molecular complexity index is 612. The largest absolute Gasteiger partial charge is 0.481 e. The van der Waals surface area contributed by atoms with E-state index < -0.39 is 5.97 Å². The summed E-state index contributed by atoms with van der Waals surface area (Å²) in [7, 11) is 0. The van der Waals surface area contributed by atoms with Gasteiger partial charge in [-0.3, -0.25) is 9.59 Å². The van der Waals surface area contributed by atoms with Gasteiger partial charge in [0, 0.05) is 24.1 Å². The molecular formula is C13H15N5O3. The molecule has 3 N–H and O–H groups in total. The zero-order valence-corrected chi connectivity index (χ0v) is 11.2. The van der Waals surface area contributed by atoms with Crippen molar-refractivity contribution in [2.45, 2.75) is 25.7 Å². The minimum absolute atomic E-state index is 0.0839. The summed E-state index contributed by atoms with van der Waals surface area (Å²) in [5, 5.41) is 24.9. The summed E-state index contributed by atoms with van der Waals surface area (Å²) in [4.78, 5) is 22.1. The van der Waals surface area contributed by atoms with E-state index >= 15 is 0 Å². The van der Waals surface area contributed by atoms with Crippen molar-refractivity contribution in [3.8, 4) is 11.4 Å². The van der Waals surface area contributed by atoms with Crippen molar-refractivity contribution in [3.05, 3.63) is 24.3 Å². The number of hydrogen-bond acceptors (Lipinski definition) is 5. The Morgan fingerprint density at radius 3 is 2.76 bits per heavy atom. The number of nitrogens with one attached hydrogen (secondary N) is 2. The number of hydrogen-bond donors (Lipinski definition) is 3. The van der Waals surface area contributed by atoms with E-state index in [0.29, 0.717) is 30.8 Å². The first-order valence-corrected chi connectivity index (χ1v) is 6.50. The maximum Gasteiger partial charge on any atom is 0.303 e. The minimum atomic E-state index is -0.844. The van der Waals surface area contributed by atoms with Crippen molar-refractivity contribution in [2.24, 2.45) is 0 Å². The second-order valence-corrected chi connectivity index (χ2v) is 4.47. The van der Waals surface area contributed by atoms with E-state index in [4.69, 9.17) is 5.11 Å². The first-order chi connectivity index (χ1) is 10.1. The third kappa shape index (κ3) is 4.68. The second-order valence-electron chi connectivity index (χ2n) is 4.47. The lowest BCUT2D eigenvalue weighted by Crippen LogP contribution is -2.11. The molecule has 0 saturated heterocycles. The van der Waals surface area contributed by atoms with Gasteiger partial charge in [0.1, 0.15) is 0 Å². The first-order valence-electron chi connectivity index (χ1n) is 6.50. The van der Waals surface area contributed by atoms with Gasteiger partial charge < -0.3 is 10.4 Å². The average molecular weight is 289 g/mol. The molecule has 2 aromatic rings. The molecule has 1 amide bonds. The van der Waals surface area contributed by atoms with Crippen molar-refractivity contribution in [3.63, 3.8) is 0 Å². The number of anilines is 1. The highest BCUT2D eigenvalue weighted by atomic mass is 16.4. The van der Waals surface area contributed by atoms with E-state index in [-0.39, 0.29) is 12.3 Å².